The molecule has 2 nitrogen and oxygen atoms in total. The minimum Gasteiger partial charge on any atom is -0.392 e. The largest absolute Gasteiger partial charge is 0.438 e. The van der Waals surface area contributed by atoms with Gasteiger partial charge in [0.2, 0.25) is 0 Å². The van der Waals surface area contributed by atoms with Gasteiger partial charge < -0.3 is 10.8 Å². The predicted octanol–water partition coefficient (Wildman–Crippen LogP) is 4.07. The van der Waals surface area contributed by atoms with Crippen molar-refractivity contribution >= 4 is 0 Å². The highest BCUT2D eigenvalue weighted by atomic mass is 19.4. The third-order valence-electron chi connectivity index (χ3n) is 3.23. The Labute approximate surface area is 139 Å². The van der Waals surface area contributed by atoms with Crippen LogP contribution in [0.5, 0.6) is 0 Å². The molecular weight excluding hydrogens is 435 g/mol. The minimum absolute atomic E-state index is 1.36. The molecule has 0 aromatic carbocycles. The second-order valence-electron chi connectivity index (χ2n) is 5.18. The van der Waals surface area contributed by atoms with Crippen molar-refractivity contribution in [3.8, 4) is 0 Å². The highest BCUT2D eigenvalue weighted by molar-refractivity contribution is 5.16. The van der Waals surface area contributed by atoms with Crippen molar-refractivity contribution in [2.75, 3.05) is 6.54 Å². The molecule has 0 aromatic heterocycles. The highest BCUT2D eigenvalue weighted by Crippen LogP contribution is 2.64. The molecule has 0 aliphatic carbocycles. The maximum atomic E-state index is 13.3. The lowest BCUT2D eigenvalue weighted by atomic mass is 9.85. The summed E-state index contributed by atoms with van der Waals surface area (Å²) in [4.78, 5) is 0. The van der Waals surface area contributed by atoms with Crippen LogP contribution in [0.1, 0.15) is 6.42 Å². The molecule has 164 valence electrons. The summed E-state index contributed by atoms with van der Waals surface area (Å²) >= 11 is 0. The zero-order valence-corrected chi connectivity index (χ0v) is 12.2. The molecule has 0 rings (SSSR count). The Morgan fingerprint density at radius 3 is 1.19 bits per heavy atom. The number of aliphatic hydroxyl groups excluding tert-OH is 1. The fraction of sp³-hybridized carbons (Fsp3) is 1.00. The Balaban J connectivity index is 6.60. The van der Waals surface area contributed by atoms with E-state index in [-0.39, 0.29) is 0 Å². The van der Waals surface area contributed by atoms with Crippen LogP contribution < -0.4 is 5.73 Å². The maximum absolute atomic E-state index is 13.3. The van der Waals surface area contributed by atoms with E-state index in [9.17, 15) is 65.9 Å². The number of hydrogen-bond acceptors (Lipinski definition) is 2. The summed E-state index contributed by atoms with van der Waals surface area (Å²) in [7, 11) is 0. The summed E-state index contributed by atoms with van der Waals surface area (Å²) < 4.78 is 192. The highest BCUT2D eigenvalue weighted by Gasteiger charge is 2.95. The summed E-state index contributed by atoms with van der Waals surface area (Å²) in [6, 6.07) is 0. The van der Waals surface area contributed by atoms with Crippen LogP contribution in [0.4, 0.5) is 65.9 Å². The lowest BCUT2D eigenvalue weighted by Crippen LogP contribution is -2.75. The number of hydrogen-bond donors (Lipinski definition) is 2. The van der Waals surface area contributed by atoms with Gasteiger partial charge in [0.15, 0.2) is 0 Å². The van der Waals surface area contributed by atoms with Crippen LogP contribution in [0.15, 0.2) is 0 Å². The summed E-state index contributed by atoms with van der Waals surface area (Å²) in [5.41, 5.74) is -3.84. The lowest BCUT2D eigenvalue weighted by Gasteiger charge is -2.43. The molecule has 0 fully saturated rings. The van der Waals surface area contributed by atoms with Crippen molar-refractivity contribution < 1.29 is 71.0 Å². The van der Waals surface area contributed by atoms with E-state index in [0.29, 0.717) is 0 Å². The van der Waals surface area contributed by atoms with E-state index < -0.39 is 60.8 Å². The first-order valence-corrected chi connectivity index (χ1v) is 6.17. The zero-order chi connectivity index (χ0) is 22.5. The van der Waals surface area contributed by atoms with Crippen molar-refractivity contribution in [3.63, 3.8) is 0 Å². The van der Waals surface area contributed by atoms with E-state index >= 15 is 0 Å². The van der Waals surface area contributed by atoms with Gasteiger partial charge in [-0.15, -0.1) is 0 Å². The van der Waals surface area contributed by atoms with Crippen LogP contribution >= 0.6 is 0 Å². The fourth-order valence-corrected chi connectivity index (χ4v) is 1.67. The number of rotatable bonds is 7. The second-order valence-corrected chi connectivity index (χ2v) is 5.18. The molecule has 0 saturated heterocycles. The Kier molecular flexibility index (Phi) is 6.45. The molecule has 17 heteroatoms. The van der Waals surface area contributed by atoms with E-state index in [2.05, 4.69) is 5.73 Å². The Bertz CT molecular complexity index is 508. The van der Waals surface area contributed by atoms with Gasteiger partial charge in [-0.2, -0.15) is 61.5 Å². The molecule has 0 aliphatic rings. The van der Waals surface area contributed by atoms with Crippen LogP contribution in [0.25, 0.3) is 0 Å². The van der Waals surface area contributed by atoms with Gasteiger partial charge in [-0.25, -0.2) is 4.39 Å². The predicted molar refractivity (Wildman–Crippen MR) is 55.4 cm³/mol. The summed E-state index contributed by atoms with van der Waals surface area (Å²) in [6.45, 7) is -1.36. The molecule has 0 bridgehead atoms. The Morgan fingerprint density at radius 1 is 0.593 bits per heavy atom. The first-order chi connectivity index (χ1) is 11.5. The van der Waals surface area contributed by atoms with E-state index in [1.165, 1.54) is 0 Å². The van der Waals surface area contributed by atoms with Crippen molar-refractivity contribution in [2.45, 2.75) is 54.2 Å². The van der Waals surface area contributed by atoms with Crippen LogP contribution in [0, 0.1) is 0 Å². The number of nitrogens with two attached hydrogens (primary N) is 1. The maximum Gasteiger partial charge on any atom is 0.438 e. The van der Waals surface area contributed by atoms with Gasteiger partial charge in [0, 0.05) is 13.0 Å². The molecular formula is C10H8F15NO. The number of alkyl halides is 15. The summed E-state index contributed by atoms with van der Waals surface area (Å²) in [6.07, 6.45) is -21.6. The topological polar surface area (TPSA) is 46.2 Å². The number of aliphatic hydroxyl groups is 1. The minimum atomic E-state index is -8.45. The van der Waals surface area contributed by atoms with E-state index in [4.69, 9.17) is 5.11 Å². The molecule has 27 heavy (non-hydrogen) atoms. The first-order valence-electron chi connectivity index (χ1n) is 6.17. The van der Waals surface area contributed by atoms with E-state index in [1.54, 1.807) is 0 Å². The van der Waals surface area contributed by atoms with Crippen molar-refractivity contribution in [3.05, 3.63) is 0 Å². The van der Waals surface area contributed by atoms with Crippen LogP contribution in [-0.2, 0) is 0 Å². The van der Waals surface area contributed by atoms with E-state index in [1.807, 2.05) is 0 Å². The Morgan fingerprint density at radius 2 is 0.926 bits per heavy atom. The van der Waals surface area contributed by atoms with Gasteiger partial charge in [0.1, 0.15) is 0 Å². The Hall–Kier alpha value is -1.13. The quantitative estimate of drug-likeness (QED) is 0.583. The zero-order valence-electron chi connectivity index (χ0n) is 12.2. The molecule has 0 spiro atoms. The van der Waals surface area contributed by atoms with Crippen molar-refractivity contribution in [1.29, 1.82) is 0 Å². The number of halogens is 15. The van der Waals surface area contributed by atoms with Gasteiger partial charge in [0.25, 0.3) is 0 Å². The molecule has 0 heterocycles. The van der Waals surface area contributed by atoms with Gasteiger partial charge in [-0.3, -0.25) is 0 Å². The average Bonchev–Trinajstić information content (AvgIpc) is 2.42. The standard InChI is InChI=1S/C10H8F15NO/c11-4(12,1-3(27)2-26)6(14,15)8(18,19)7(16,17)5(13,9(20,21)22)10(23,24)25/h3,27H,1-2,26H2. The first kappa shape index (κ1) is 25.9. The fourth-order valence-electron chi connectivity index (χ4n) is 1.67. The molecule has 0 aliphatic heterocycles. The molecule has 1 atom stereocenters. The van der Waals surface area contributed by atoms with Crippen LogP contribution in [-0.4, -0.2) is 59.5 Å². The molecule has 1 unspecified atom stereocenters. The smallest absolute Gasteiger partial charge is 0.392 e. The molecule has 0 amide bonds. The second kappa shape index (κ2) is 6.73. The average molecular weight is 443 g/mol. The monoisotopic (exact) mass is 443 g/mol. The lowest BCUT2D eigenvalue weighted by molar-refractivity contribution is -0.457. The van der Waals surface area contributed by atoms with Gasteiger partial charge in [-0.1, -0.05) is 0 Å². The van der Waals surface area contributed by atoms with Crippen molar-refractivity contribution in [1.82, 2.24) is 0 Å². The van der Waals surface area contributed by atoms with Gasteiger partial charge >= 0.3 is 41.7 Å². The SMILES string of the molecule is NCC(O)CC(F)(F)C(F)(F)C(F)(F)C(F)(F)C(F)(C(F)(F)F)C(F)(F)F. The van der Waals surface area contributed by atoms with Crippen LogP contribution in [0.3, 0.4) is 0 Å². The molecule has 0 saturated carbocycles. The normalized spacial score (nSPS) is 17.2. The van der Waals surface area contributed by atoms with E-state index in [0.717, 1.165) is 0 Å². The van der Waals surface area contributed by atoms with Gasteiger partial charge in [0.05, 0.1) is 6.10 Å². The van der Waals surface area contributed by atoms with Crippen molar-refractivity contribution in [2.24, 2.45) is 5.73 Å². The molecule has 0 radical (unpaired) electrons. The summed E-state index contributed by atoms with van der Waals surface area (Å²) in [5.74, 6) is -30.9. The third kappa shape index (κ3) is 3.63. The van der Waals surface area contributed by atoms with Crippen LogP contribution in [0.2, 0.25) is 0 Å². The summed E-state index contributed by atoms with van der Waals surface area (Å²) in [5, 5.41) is 8.64. The molecule has 0 aromatic rings. The third-order valence-corrected chi connectivity index (χ3v) is 3.23. The van der Waals surface area contributed by atoms with Gasteiger partial charge in [-0.05, 0) is 0 Å². The molecule has 3 N–H and O–H groups in total.